The Morgan fingerprint density at radius 3 is 1.42 bits per heavy atom. The van der Waals surface area contributed by atoms with Crippen molar-refractivity contribution in [3.05, 3.63) is 0 Å². The fraction of sp³-hybridized carbons (Fsp3) is 0.900. The first-order valence-electron chi connectivity index (χ1n) is 10.1. The molecule has 4 nitrogen and oxygen atoms in total. The molecule has 0 aromatic carbocycles. The van der Waals surface area contributed by atoms with E-state index < -0.39 is 0 Å². The maximum absolute atomic E-state index is 11.8. The Bertz CT molecular complexity index is 330. The molecule has 0 radical (unpaired) electrons. The molecular formula is C20H38O4S2. The lowest BCUT2D eigenvalue weighted by Gasteiger charge is -2.15. The summed E-state index contributed by atoms with van der Waals surface area (Å²) in [5, 5.41) is 0. The van der Waals surface area contributed by atoms with Crippen LogP contribution in [0.2, 0.25) is 0 Å². The number of carbonyl (C=O) groups excluding carboxylic acids is 2. The molecule has 0 heterocycles. The molecule has 0 aromatic rings. The maximum Gasteiger partial charge on any atom is 0.316 e. The summed E-state index contributed by atoms with van der Waals surface area (Å²) < 4.78 is 10.7. The smallest absolute Gasteiger partial charge is 0.316 e. The van der Waals surface area contributed by atoms with Crippen LogP contribution in [0.3, 0.4) is 0 Å². The van der Waals surface area contributed by atoms with E-state index in [0.717, 1.165) is 25.7 Å². The van der Waals surface area contributed by atoms with Crippen LogP contribution in [0.15, 0.2) is 0 Å². The SMILES string of the molecule is CCCC[C@H](CC)COC(=O)CSSCC(=O)OC[C@@H](CC)CCCC. The summed E-state index contributed by atoms with van der Waals surface area (Å²) in [5.74, 6) is 1.08. The van der Waals surface area contributed by atoms with Gasteiger partial charge in [-0.25, -0.2) is 0 Å². The number of ether oxygens (including phenoxy) is 2. The molecule has 0 fully saturated rings. The lowest BCUT2D eigenvalue weighted by molar-refractivity contribution is -0.142. The Labute approximate surface area is 168 Å². The lowest BCUT2D eigenvalue weighted by Crippen LogP contribution is -2.16. The van der Waals surface area contributed by atoms with Crippen molar-refractivity contribution in [2.75, 3.05) is 24.7 Å². The quantitative estimate of drug-likeness (QED) is 0.171. The summed E-state index contributed by atoms with van der Waals surface area (Å²) in [7, 11) is 2.72. The Balaban J connectivity index is 3.73. The van der Waals surface area contributed by atoms with E-state index >= 15 is 0 Å². The van der Waals surface area contributed by atoms with Gasteiger partial charge in [-0.05, 0) is 24.7 Å². The van der Waals surface area contributed by atoms with Crippen LogP contribution in [0.1, 0.15) is 79.1 Å². The van der Waals surface area contributed by atoms with Crippen molar-refractivity contribution in [2.45, 2.75) is 79.1 Å². The van der Waals surface area contributed by atoms with Crippen LogP contribution >= 0.6 is 21.6 Å². The normalized spacial score (nSPS) is 13.2. The first kappa shape index (κ1) is 25.6. The molecule has 26 heavy (non-hydrogen) atoms. The van der Waals surface area contributed by atoms with E-state index in [1.807, 2.05) is 0 Å². The van der Waals surface area contributed by atoms with Gasteiger partial charge in [0, 0.05) is 0 Å². The van der Waals surface area contributed by atoms with Gasteiger partial charge in [0.25, 0.3) is 0 Å². The van der Waals surface area contributed by atoms with Crippen LogP contribution in [0, 0.1) is 11.8 Å². The van der Waals surface area contributed by atoms with E-state index in [4.69, 9.17) is 9.47 Å². The van der Waals surface area contributed by atoms with Crippen molar-refractivity contribution < 1.29 is 19.1 Å². The van der Waals surface area contributed by atoms with Gasteiger partial charge < -0.3 is 9.47 Å². The molecule has 0 aliphatic rings. The van der Waals surface area contributed by atoms with Crippen LogP contribution in [-0.2, 0) is 19.1 Å². The fourth-order valence-corrected chi connectivity index (χ4v) is 4.08. The van der Waals surface area contributed by atoms with Crippen molar-refractivity contribution in [2.24, 2.45) is 11.8 Å². The number of carbonyl (C=O) groups is 2. The van der Waals surface area contributed by atoms with Gasteiger partial charge in [-0.15, -0.1) is 0 Å². The molecule has 0 aliphatic carbocycles. The summed E-state index contributed by atoms with van der Waals surface area (Å²) in [6.45, 7) is 9.64. The average molecular weight is 407 g/mol. The number of rotatable bonds is 17. The molecule has 0 aromatic heterocycles. The topological polar surface area (TPSA) is 52.6 Å². The zero-order valence-electron chi connectivity index (χ0n) is 17.1. The third-order valence-corrected chi connectivity index (χ3v) is 6.56. The Hall–Kier alpha value is -0.360. The Kier molecular flexibility index (Phi) is 17.8. The standard InChI is InChI=1S/C20H38O4S2/c1-5-9-11-17(7-3)13-23-19(21)15-25-26-16-20(22)24-14-18(8-4)12-10-6-2/h17-18H,5-16H2,1-4H3/t17-,18-/m0/s1. The van der Waals surface area contributed by atoms with Crippen LogP contribution in [0.5, 0.6) is 0 Å². The second-order valence-corrected chi connectivity index (χ2v) is 9.19. The van der Waals surface area contributed by atoms with Gasteiger partial charge in [0.1, 0.15) is 11.5 Å². The van der Waals surface area contributed by atoms with E-state index in [2.05, 4.69) is 27.7 Å². The summed E-state index contributed by atoms with van der Waals surface area (Å²) in [6.07, 6.45) is 9.02. The van der Waals surface area contributed by atoms with E-state index in [0.29, 0.717) is 25.0 Å². The number of hydrogen-bond acceptors (Lipinski definition) is 6. The third kappa shape index (κ3) is 14.8. The van der Waals surface area contributed by atoms with Crippen molar-refractivity contribution in [3.63, 3.8) is 0 Å². The van der Waals surface area contributed by atoms with E-state index in [1.165, 1.54) is 47.3 Å². The maximum atomic E-state index is 11.8. The first-order valence-corrected chi connectivity index (χ1v) is 12.6. The van der Waals surface area contributed by atoms with Gasteiger partial charge in [-0.3, -0.25) is 9.59 Å². The van der Waals surface area contributed by atoms with Gasteiger partial charge >= 0.3 is 11.9 Å². The summed E-state index contributed by atoms with van der Waals surface area (Å²) in [4.78, 5) is 23.5. The highest BCUT2D eigenvalue weighted by Crippen LogP contribution is 2.22. The minimum atomic E-state index is -0.198. The van der Waals surface area contributed by atoms with Gasteiger partial charge in [-0.1, -0.05) is 87.8 Å². The molecule has 0 aliphatic heterocycles. The van der Waals surface area contributed by atoms with Crippen LogP contribution in [0.4, 0.5) is 0 Å². The number of hydrogen-bond donors (Lipinski definition) is 0. The minimum Gasteiger partial charge on any atom is -0.465 e. The molecule has 154 valence electrons. The van der Waals surface area contributed by atoms with Gasteiger partial charge in [0.15, 0.2) is 0 Å². The molecule has 6 heteroatoms. The predicted octanol–water partition coefficient (Wildman–Crippen LogP) is 5.89. The average Bonchev–Trinajstić information content (AvgIpc) is 2.65. The molecule has 0 rings (SSSR count). The fourth-order valence-electron chi connectivity index (χ4n) is 2.48. The minimum absolute atomic E-state index is 0.198. The van der Waals surface area contributed by atoms with Crippen LogP contribution < -0.4 is 0 Å². The molecule has 0 bridgehead atoms. The zero-order chi connectivity index (χ0) is 19.6. The number of unbranched alkanes of at least 4 members (excludes halogenated alkanes) is 2. The Morgan fingerprint density at radius 1 is 0.731 bits per heavy atom. The lowest BCUT2D eigenvalue weighted by atomic mass is 10.0. The second-order valence-electron chi connectivity index (χ2n) is 6.72. The largest absolute Gasteiger partial charge is 0.465 e. The van der Waals surface area contributed by atoms with Crippen LogP contribution in [0.25, 0.3) is 0 Å². The highest BCUT2D eigenvalue weighted by molar-refractivity contribution is 8.77. The molecule has 0 saturated carbocycles. The van der Waals surface area contributed by atoms with E-state index in [-0.39, 0.29) is 23.4 Å². The van der Waals surface area contributed by atoms with Gasteiger partial charge in [0.05, 0.1) is 13.2 Å². The first-order chi connectivity index (χ1) is 12.6. The molecular weight excluding hydrogens is 368 g/mol. The van der Waals surface area contributed by atoms with Crippen molar-refractivity contribution in [3.8, 4) is 0 Å². The summed E-state index contributed by atoms with van der Waals surface area (Å²) >= 11 is 0. The molecule has 0 N–H and O–H groups in total. The van der Waals surface area contributed by atoms with Crippen molar-refractivity contribution in [1.82, 2.24) is 0 Å². The van der Waals surface area contributed by atoms with E-state index in [9.17, 15) is 9.59 Å². The summed E-state index contributed by atoms with van der Waals surface area (Å²) in [6, 6.07) is 0. The monoisotopic (exact) mass is 406 g/mol. The molecule has 0 unspecified atom stereocenters. The molecule has 2 atom stereocenters. The highest BCUT2D eigenvalue weighted by atomic mass is 33.1. The molecule has 0 spiro atoms. The highest BCUT2D eigenvalue weighted by Gasteiger charge is 2.12. The van der Waals surface area contributed by atoms with E-state index in [1.54, 1.807) is 0 Å². The molecule has 0 amide bonds. The van der Waals surface area contributed by atoms with Gasteiger partial charge in [-0.2, -0.15) is 0 Å². The van der Waals surface area contributed by atoms with Crippen molar-refractivity contribution >= 4 is 33.5 Å². The van der Waals surface area contributed by atoms with Crippen molar-refractivity contribution in [1.29, 1.82) is 0 Å². The Morgan fingerprint density at radius 2 is 1.12 bits per heavy atom. The zero-order valence-corrected chi connectivity index (χ0v) is 18.7. The van der Waals surface area contributed by atoms with Crippen LogP contribution in [-0.4, -0.2) is 36.7 Å². The number of esters is 2. The summed E-state index contributed by atoms with van der Waals surface area (Å²) in [5.41, 5.74) is 0. The van der Waals surface area contributed by atoms with Gasteiger partial charge in [0.2, 0.25) is 0 Å². The molecule has 0 saturated heterocycles. The second kappa shape index (κ2) is 18.0. The predicted molar refractivity (Wildman–Crippen MR) is 113 cm³/mol. The third-order valence-electron chi connectivity index (χ3n) is 4.48.